The molecule has 7 nitrogen and oxygen atoms in total. The second kappa shape index (κ2) is 7.09. The molecule has 0 atom stereocenters. The van der Waals surface area contributed by atoms with Crippen molar-refractivity contribution in [3.63, 3.8) is 0 Å². The molecule has 0 unspecified atom stereocenters. The molecule has 0 amide bonds. The Labute approximate surface area is 125 Å². The molecule has 8 heteroatoms. The van der Waals surface area contributed by atoms with Crippen molar-refractivity contribution in [3.8, 4) is 11.4 Å². The van der Waals surface area contributed by atoms with Gasteiger partial charge in [-0.2, -0.15) is 0 Å². The summed E-state index contributed by atoms with van der Waals surface area (Å²) in [6, 6.07) is 7.26. The van der Waals surface area contributed by atoms with E-state index in [1.165, 1.54) is 0 Å². The van der Waals surface area contributed by atoms with Crippen molar-refractivity contribution in [3.05, 3.63) is 30.1 Å². The van der Waals surface area contributed by atoms with Crippen molar-refractivity contribution in [1.82, 2.24) is 14.8 Å². The van der Waals surface area contributed by atoms with Crippen molar-refractivity contribution in [2.75, 3.05) is 12.4 Å². The summed E-state index contributed by atoms with van der Waals surface area (Å²) in [4.78, 5) is 10.7. The van der Waals surface area contributed by atoms with Crippen molar-refractivity contribution in [1.29, 1.82) is 0 Å². The van der Waals surface area contributed by atoms with E-state index < -0.39 is 5.97 Å². The van der Waals surface area contributed by atoms with Gasteiger partial charge >= 0.3 is 5.97 Å². The first-order chi connectivity index (χ1) is 10.2. The van der Waals surface area contributed by atoms with Crippen molar-refractivity contribution in [2.24, 2.45) is 0 Å². The lowest BCUT2D eigenvalue weighted by atomic mass is 10.3. The van der Waals surface area contributed by atoms with Gasteiger partial charge in [0.1, 0.15) is 12.4 Å². The minimum Gasteiger partial charge on any atom is -0.492 e. The fraction of sp³-hybridized carbons (Fsp3) is 0.308. The van der Waals surface area contributed by atoms with Crippen LogP contribution >= 0.6 is 11.8 Å². The van der Waals surface area contributed by atoms with Gasteiger partial charge in [-0.25, -0.2) is 0 Å². The van der Waals surface area contributed by atoms with Crippen LogP contribution in [0.1, 0.15) is 12.7 Å². The van der Waals surface area contributed by atoms with Gasteiger partial charge in [-0.15, -0.1) is 10.2 Å². The largest absolute Gasteiger partial charge is 0.492 e. The lowest BCUT2D eigenvalue weighted by Crippen LogP contribution is -2.07. The molecule has 2 N–H and O–H groups in total. The fourth-order valence-electron chi connectivity index (χ4n) is 1.78. The highest BCUT2D eigenvalue weighted by molar-refractivity contribution is 7.99. The normalized spacial score (nSPS) is 10.6. The molecule has 2 aromatic rings. The van der Waals surface area contributed by atoms with E-state index in [9.17, 15) is 9.90 Å². The average molecular weight is 309 g/mol. The van der Waals surface area contributed by atoms with Gasteiger partial charge < -0.3 is 14.9 Å². The summed E-state index contributed by atoms with van der Waals surface area (Å²) in [5.74, 6) is -0.139. The van der Waals surface area contributed by atoms with Crippen LogP contribution in [0.2, 0.25) is 0 Å². The number of carboxylic acids is 1. The van der Waals surface area contributed by atoms with E-state index in [4.69, 9.17) is 9.84 Å². The smallest absolute Gasteiger partial charge is 0.313 e. The van der Waals surface area contributed by atoms with E-state index in [-0.39, 0.29) is 12.4 Å². The summed E-state index contributed by atoms with van der Waals surface area (Å²) in [6.07, 6.45) is 0. The van der Waals surface area contributed by atoms with Crippen molar-refractivity contribution >= 4 is 17.7 Å². The summed E-state index contributed by atoms with van der Waals surface area (Å²) in [7, 11) is 0. The first-order valence-electron chi connectivity index (χ1n) is 6.29. The molecule has 0 fully saturated rings. The summed E-state index contributed by atoms with van der Waals surface area (Å²) < 4.78 is 7.17. The Morgan fingerprint density at radius 1 is 1.38 bits per heavy atom. The highest BCUT2D eigenvalue weighted by Crippen LogP contribution is 2.28. The summed E-state index contributed by atoms with van der Waals surface area (Å²) in [6.45, 7) is 2.06. The lowest BCUT2D eigenvalue weighted by Gasteiger charge is -2.13. The van der Waals surface area contributed by atoms with E-state index in [1.54, 1.807) is 16.7 Å². The van der Waals surface area contributed by atoms with Gasteiger partial charge in [-0.1, -0.05) is 23.9 Å². The Hall–Kier alpha value is -2.06. The molecule has 1 heterocycles. The third-order valence-corrected chi connectivity index (χ3v) is 3.49. The van der Waals surface area contributed by atoms with E-state index in [1.807, 2.05) is 19.1 Å². The molecule has 1 aromatic carbocycles. The number of ether oxygens (including phenoxy) is 1. The maximum atomic E-state index is 10.7. The Balaban J connectivity index is 2.46. The number of para-hydroxylation sites is 2. The van der Waals surface area contributed by atoms with Gasteiger partial charge in [0.25, 0.3) is 0 Å². The Morgan fingerprint density at radius 3 is 2.81 bits per heavy atom. The predicted molar refractivity (Wildman–Crippen MR) is 76.8 cm³/mol. The van der Waals surface area contributed by atoms with E-state index in [0.29, 0.717) is 29.0 Å². The number of benzene rings is 1. The van der Waals surface area contributed by atoms with E-state index >= 15 is 0 Å². The number of nitrogens with zero attached hydrogens (tertiary/aromatic N) is 3. The highest BCUT2D eigenvalue weighted by atomic mass is 32.2. The maximum absolute atomic E-state index is 10.7. The number of carbonyl (C=O) groups is 1. The molecule has 0 aliphatic carbocycles. The number of hydrogen-bond donors (Lipinski definition) is 2. The third-order valence-electron chi connectivity index (χ3n) is 2.57. The Morgan fingerprint density at radius 2 is 2.14 bits per heavy atom. The number of aromatic nitrogens is 3. The van der Waals surface area contributed by atoms with Crippen LogP contribution in [-0.2, 0) is 11.4 Å². The zero-order chi connectivity index (χ0) is 15.2. The highest BCUT2D eigenvalue weighted by Gasteiger charge is 2.17. The number of thioether (sulfide) groups is 1. The molecule has 0 bridgehead atoms. The van der Waals surface area contributed by atoms with Crippen LogP contribution in [0.25, 0.3) is 5.69 Å². The molecule has 2 rings (SSSR count). The molecule has 0 saturated heterocycles. The zero-order valence-electron chi connectivity index (χ0n) is 11.4. The minimum absolute atomic E-state index is 0.139. The zero-order valence-corrected chi connectivity index (χ0v) is 12.2. The first kappa shape index (κ1) is 15.3. The molecule has 0 saturated carbocycles. The molecule has 0 aliphatic heterocycles. The molecular formula is C13H15N3O4S. The van der Waals surface area contributed by atoms with Gasteiger partial charge in [-0.05, 0) is 19.1 Å². The van der Waals surface area contributed by atoms with Crippen LogP contribution in [0.4, 0.5) is 0 Å². The minimum atomic E-state index is -0.946. The molecule has 1 aromatic heterocycles. The number of rotatable bonds is 7. The van der Waals surface area contributed by atoms with Gasteiger partial charge in [0.2, 0.25) is 0 Å². The topological polar surface area (TPSA) is 97.5 Å². The number of aliphatic hydroxyl groups is 1. The van der Waals surface area contributed by atoms with Crippen molar-refractivity contribution in [2.45, 2.75) is 18.7 Å². The van der Waals surface area contributed by atoms with Gasteiger partial charge in [0, 0.05) is 0 Å². The SMILES string of the molecule is CCOc1ccccc1-n1c(CO)nnc1SCC(=O)O. The molecule has 0 aliphatic rings. The number of aliphatic carboxylic acids is 1. The lowest BCUT2D eigenvalue weighted by molar-refractivity contribution is -0.133. The Kier molecular flexibility index (Phi) is 5.18. The van der Waals surface area contributed by atoms with Gasteiger partial charge in [0.05, 0.1) is 18.0 Å². The van der Waals surface area contributed by atoms with Crippen LogP contribution in [0.15, 0.2) is 29.4 Å². The van der Waals surface area contributed by atoms with Gasteiger partial charge in [-0.3, -0.25) is 9.36 Å². The second-order valence-corrected chi connectivity index (χ2v) is 4.92. The molecular weight excluding hydrogens is 294 g/mol. The first-order valence-corrected chi connectivity index (χ1v) is 7.27. The van der Waals surface area contributed by atoms with E-state index in [0.717, 1.165) is 11.8 Å². The average Bonchev–Trinajstić information content (AvgIpc) is 2.89. The standard InChI is InChI=1S/C13H15N3O4S/c1-2-20-10-6-4-3-5-9(10)16-11(7-17)14-15-13(16)21-8-12(18)19/h3-6,17H,2,7-8H2,1H3,(H,18,19). The third kappa shape index (κ3) is 3.53. The maximum Gasteiger partial charge on any atom is 0.313 e. The van der Waals surface area contributed by atoms with Gasteiger partial charge in [0.15, 0.2) is 11.0 Å². The summed E-state index contributed by atoms with van der Waals surface area (Å²) in [5, 5.41) is 26.4. The second-order valence-electron chi connectivity index (χ2n) is 3.98. The van der Waals surface area contributed by atoms with Crippen LogP contribution in [0, 0.1) is 0 Å². The molecule has 0 spiro atoms. The number of carboxylic acid groups (broad SMARTS) is 1. The summed E-state index contributed by atoms with van der Waals surface area (Å²) in [5.41, 5.74) is 0.668. The molecule has 0 radical (unpaired) electrons. The summed E-state index contributed by atoms with van der Waals surface area (Å²) >= 11 is 1.04. The monoisotopic (exact) mass is 309 g/mol. The van der Waals surface area contributed by atoms with Crippen LogP contribution in [-0.4, -0.2) is 43.3 Å². The van der Waals surface area contributed by atoms with Crippen LogP contribution < -0.4 is 4.74 Å². The van der Waals surface area contributed by atoms with Crippen LogP contribution in [0.3, 0.4) is 0 Å². The quantitative estimate of drug-likeness (QED) is 0.745. The Bertz CT molecular complexity index is 630. The number of aliphatic hydroxyl groups excluding tert-OH is 1. The molecule has 112 valence electrons. The van der Waals surface area contributed by atoms with Crippen LogP contribution in [0.5, 0.6) is 5.75 Å². The number of hydrogen-bond acceptors (Lipinski definition) is 6. The fourth-order valence-corrected chi connectivity index (χ4v) is 2.47. The predicted octanol–water partition coefficient (Wildman–Crippen LogP) is 1.33. The van der Waals surface area contributed by atoms with Crippen molar-refractivity contribution < 1.29 is 19.7 Å². The molecule has 21 heavy (non-hydrogen) atoms. The van der Waals surface area contributed by atoms with E-state index in [2.05, 4.69) is 10.2 Å².